The zero-order valence-corrected chi connectivity index (χ0v) is 35.4. The van der Waals surface area contributed by atoms with Crippen LogP contribution in [0.5, 0.6) is 5.75 Å². The molecule has 308 valence electrons. The van der Waals surface area contributed by atoms with Gasteiger partial charge < -0.3 is 40.0 Å². The van der Waals surface area contributed by atoms with Gasteiger partial charge in [-0.1, -0.05) is 98.1 Å². The van der Waals surface area contributed by atoms with Crippen molar-refractivity contribution in [2.75, 3.05) is 20.8 Å². The van der Waals surface area contributed by atoms with Gasteiger partial charge in [0.25, 0.3) is 5.91 Å². The lowest BCUT2D eigenvalue weighted by Crippen LogP contribution is -2.61. The Labute approximate surface area is 340 Å². The van der Waals surface area contributed by atoms with Crippen molar-refractivity contribution < 1.29 is 43.6 Å². The average Bonchev–Trinajstić information content (AvgIpc) is 3.79. The number of hydrogen-bond donors (Lipinski definition) is 4. The maximum absolute atomic E-state index is 14.3. The summed E-state index contributed by atoms with van der Waals surface area (Å²) >= 11 is 12.4. The number of amides is 3. The van der Waals surface area contributed by atoms with Crippen LogP contribution in [0.2, 0.25) is 10.0 Å². The fourth-order valence-corrected chi connectivity index (χ4v) is 6.99. The Morgan fingerprint density at radius 2 is 1.64 bits per heavy atom. The predicted octanol–water partition coefficient (Wildman–Crippen LogP) is 6.10. The maximum Gasteiger partial charge on any atom is 0.332 e. The van der Waals surface area contributed by atoms with E-state index in [4.69, 9.17) is 37.4 Å². The van der Waals surface area contributed by atoms with Gasteiger partial charge in [0.05, 0.1) is 21.8 Å². The summed E-state index contributed by atoms with van der Waals surface area (Å²) in [5, 5.41) is 26.7. The molecule has 1 aliphatic rings. The van der Waals surface area contributed by atoms with Crippen molar-refractivity contribution in [2.24, 2.45) is 11.8 Å². The van der Waals surface area contributed by atoms with Crippen LogP contribution in [0, 0.1) is 11.8 Å². The number of ether oxygens (including phenoxy) is 3. The van der Waals surface area contributed by atoms with Gasteiger partial charge in [-0.2, -0.15) is 0 Å². The highest BCUT2D eigenvalue weighted by atomic mass is 35.5. The molecule has 7 unspecified atom stereocenters. The summed E-state index contributed by atoms with van der Waals surface area (Å²) in [4.78, 5) is 57.5. The summed E-state index contributed by atoms with van der Waals surface area (Å²) in [7, 11) is 3.06. The van der Waals surface area contributed by atoms with Crippen LogP contribution in [-0.4, -0.2) is 95.0 Å². The molecule has 4 N–H and O–H groups in total. The fraction of sp³-hybridized carbons (Fsp3) is 0.524. The minimum Gasteiger partial charge on any atom is -0.505 e. The molecular weight excluding hydrogens is 761 g/mol. The van der Waals surface area contributed by atoms with Crippen molar-refractivity contribution in [1.82, 2.24) is 15.5 Å². The third kappa shape index (κ3) is 12.3. The lowest BCUT2D eigenvalue weighted by Gasteiger charge is -2.34. The molecule has 1 saturated heterocycles. The van der Waals surface area contributed by atoms with Crippen LogP contribution in [0.1, 0.15) is 79.0 Å². The molecule has 0 aromatic heterocycles. The van der Waals surface area contributed by atoms with Crippen molar-refractivity contribution in [3.63, 3.8) is 0 Å². The van der Waals surface area contributed by atoms with Crippen LogP contribution in [0.4, 0.5) is 0 Å². The van der Waals surface area contributed by atoms with Crippen LogP contribution in [0.3, 0.4) is 0 Å². The number of phenolic OH excluding ortho intramolecular Hbond substituents is 1. The quantitative estimate of drug-likeness (QED) is 0.0744. The van der Waals surface area contributed by atoms with E-state index in [1.807, 2.05) is 69.3 Å². The number of methoxy groups -OCH3 is 1. The molecule has 7 atom stereocenters. The first-order valence-corrected chi connectivity index (χ1v) is 19.4. The number of aliphatic hydroxyl groups is 1. The Balaban J connectivity index is 1.96. The Morgan fingerprint density at radius 1 is 1.04 bits per heavy atom. The van der Waals surface area contributed by atoms with E-state index in [-0.39, 0.29) is 34.2 Å². The summed E-state index contributed by atoms with van der Waals surface area (Å²) in [6, 6.07) is 7.88. The molecule has 0 saturated carbocycles. The van der Waals surface area contributed by atoms with E-state index in [1.165, 1.54) is 37.9 Å². The second-order valence-electron chi connectivity index (χ2n) is 15.6. The van der Waals surface area contributed by atoms with Gasteiger partial charge in [0.2, 0.25) is 11.8 Å². The standard InChI is InChI=1S/C42H57Cl2N3O9/c1-24(2)15-14-16-26(5)35(28-17-12-11-13-18-28)55-39(51)36(41(6,7)53)46-37(49)31(23-27-21-29(43)34(48)30(44)22-27)45-38(50)33(25(3)4)47(9)40(52)42(8)32(56-42)19-20-54-10/h11-18,21-22,25-26,31-33,35-36,48,53H,19-20,23H2,1-10H3,(H,45,50)(H,46,49)/b16-14+. The molecule has 1 fully saturated rings. The minimum atomic E-state index is -1.83. The van der Waals surface area contributed by atoms with Crippen LogP contribution >= 0.6 is 23.2 Å². The highest BCUT2D eigenvalue weighted by Gasteiger charge is 2.60. The number of esters is 1. The van der Waals surface area contributed by atoms with Crippen molar-refractivity contribution >= 4 is 46.9 Å². The van der Waals surface area contributed by atoms with E-state index in [1.54, 1.807) is 27.9 Å². The number of nitrogens with zero attached hydrogens (tertiary/aromatic N) is 1. The largest absolute Gasteiger partial charge is 0.505 e. The first kappa shape index (κ1) is 46.4. The highest BCUT2D eigenvalue weighted by molar-refractivity contribution is 6.37. The third-order valence-electron chi connectivity index (χ3n) is 9.66. The van der Waals surface area contributed by atoms with Crippen LogP contribution in [0.15, 0.2) is 66.3 Å². The van der Waals surface area contributed by atoms with Gasteiger partial charge in [-0.05, 0) is 63.8 Å². The Bertz CT molecular complexity index is 1730. The van der Waals surface area contributed by atoms with E-state index in [9.17, 15) is 29.4 Å². The number of epoxide rings is 1. The van der Waals surface area contributed by atoms with E-state index in [0.29, 0.717) is 24.2 Å². The van der Waals surface area contributed by atoms with Gasteiger partial charge in [-0.3, -0.25) is 14.4 Å². The van der Waals surface area contributed by atoms with Crippen molar-refractivity contribution in [2.45, 2.75) is 110 Å². The number of benzene rings is 2. The lowest BCUT2D eigenvalue weighted by atomic mass is 9.94. The molecule has 0 bridgehead atoms. The second kappa shape index (κ2) is 20.0. The second-order valence-corrected chi connectivity index (χ2v) is 16.4. The number of hydrogen-bond acceptors (Lipinski definition) is 9. The van der Waals surface area contributed by atoms with E-state index in [0.717, 1.165) is 5.57 Å². The number of rotatable bonds is 19. The molecule has 0 spiro atoms. The summed E-state index contributed by atoms with van der Waals surface area (Å²) in [5.74, 6) is -3.90. The van der Waals surface area contributed by atoms with Crippen molar-refractivity contribution in [3.05, 3.63) is 87.4 Å². The average molecular weight is 819 g/mol. The molecule has 56 heavy (non-hydrogen) atoms. The molecular formula is C42H57Cl2N3O9. The summed E-state index contributed by atoms with van der Waals surface area (Å²) < 4.78 is 16.9. The lowest BCUT2D eigenvalue weighted by molar-refractivity contribution is -0.162. The topological polar surface area (TPSA) is 167 Å². The highest BCUT2D eigenvalue weighted by Crippen LogP contribution is 2.40. The van der Waals surface area contributed by atoms with Gasteiger partial charge in [-0.25, -0.2) is 4.79 Å². The minimum absolute atomic E-state index is 0.0817. The molecule has 14 heteroatoms. The SMILES string of the molecule is COCCC1OC1(C)C(=O)N(C)C(C(=O)NC(Cc1cc(Cl)c(O)c(Cl)c1)C(=O)NC(C(=O)OC(c1ccccc1)C(C)/C=C/C=C(C)C)C(C)(C)O)C(C)C. The molecule has 1 aliphatic heterocycles. The summed E-state index contributed by atoms with van der Waals surface area (Å²) in [6.07, 6.45) is 4.83. The number of aromatic hydroxyl groups is 1. The molecule has 2 aromatic carbocycles. The molecule has 12 nitrogen and oxygen atoms in total. The third-order valence-corrected chi connectivity index (χ3v) is 10.2. The Morgan fingerprint density at radius 3 is 2.18 bits per heavy atom. The number of phenols is 1. The van der Waals surface area contributed by atoms with E-state index in [2.05, 4.69) is 10.6 Å². The number of likely N-dealkylation sites (N-methyl/N-ethyl adjacent to an activating group) is 1. The van der Waals surface area contributed by atoms with E-state index < -0.39 is 65.0 Å². The van der Waals surface area contributed by atoms with Crippen LogP contribution < -0.4 is 10.6 Å². The first-order chi connectivity index (χ1) is 26.1. The first-order valence-electron chi connectivity index (χ1n) is 18.6. The van der Waals surface area contributed by atoms with Crippen molar-refractivity contribution in [3.8, 4) is 5.75 Å². The molecule has 3 amide bonds. The smallest absolute Gasteiger partial charge is 0.332 e. The number of carbonyl (C=O) groups is 4. The van der Waals surface area contributed by atoms with Gasteiger partial charge >= 0.3 is 5.97 Å². The number of allylic oxidation sites excluding steroid dienone is 3. The van der Waals surface area contributed by atoms with Gasteiger partial charge in [0, 0.05) is 39.5 Å². The predicted molar refractivity (Wildman–Crippen MR) is 216 cm³/mol. The fourth-order valence-electron chi connectivity index (χ4n) is 6.45. The normalized spacial score (nSPS) is 19.4. The number of halogens is 2. The molecule has 0 aliphatic carbocycles. The summed E-state index contributed by atoms with van der Waals surface area (Å²) in [6.45, 7) is 14.1. The van der Waals surface area contributed by atoms with Crippen molar-refractivity contribution in [1.29, 1.82) is 0 Å². The zero-order chi connectivity index (χ0) is 42.1. The Kier molecular flexibility index (Phi) is 16.6. The van der Waals surface area contributed by atoms with Crippen LogP contribution in [-0.2, 0) is 39.8 Å². The van der Waals surface area contributed by atoms with Gasteiger partial charge in [-0.15, -0.1) is 0 Å². The number of carbonyl (C=O) groups excluding carboxylic acids is 4. The van der Waals surface area contributed by atoms with Crippen LogP contribution in [0.25, 0.3) is 0 Å². The summed E-state index contributed by atoms with van der Waals surface area (Å²) in [5.41, 5.74) is -0.821. The molecule has 2 aromatic rings. The molecule has 1 heterocycles. The van der Waals surface area contributed by atoms with Gasteiger partial charge in [0.1, 0.15) is 18.2 Å². The molecule has 0 radical (unpaired) electrons. The van der Waals surface area contributed by atoms with Gasteiger partial charge in [0.15, 0.2) is 17.4 Å². The zero-order valence-electron chi connectivity index (χ0n) is 33.9. The maximum atomic E-state index is 14.3. The van der Waals surface area contributed by atoms with E-state index >= 15 is 0 Å². The monoisotopic (exact) mass is 817 g/mol. The number of nitrogens with one attached hydrogen (secondary N) is 2. The molecule has 3 rings (SSSR count). The Hall–Kier alpha value is -3.94.